The molecule has 0 spiro atoms. The molecular weight excluding hydrogens is 504 g/mol. The zero-order chi connectivity index (χ0) is 29.2. The Labute approximate surface area is 228 Å². The lowest BCUT2D eigenvalue weighted by molar-refractivity contribution is 0.384. The van der Waals surface area contributed by atoms with Gasteiger partial charge in [0.1, 0.15) is 16.5 Å². The molecule has 1 aliphatic rings. The second-order valence-electron chi connectivity index (χ2n) is 9.95. The largest absolute Gasteiger partial charge is 0.377 e. The topological polar surface area (TPSA) is 112 Å². The predicted octanol–water partition coefficient (Wildman–Crippen LogP) is 3.49. The second kappa shape index (κ2) is 9.17. The molecule has 0 amide bonds. The Morgan fingerprint density at radius 1 is 1.24 bits per heavy atom. The quantitative estimate of drug-likeness (QED) is 0.340. The zero-order valence-corrected chi connectivity index (χ0v) is 22.2. The van der Waals surface area contributed by atoms with E-state index < -0.39 is 12.5 Å². The van der Waals surface area contributed by atoms with Crippen molar-refractivity contribution in [2.45, 2.75) is 32.4 Å². The van der Waals surface area contributed by atoms with E-state index in [1.807, 2.05) is 27.0 Å². The van der Waals surface area contributed by atoms with Crippen molar-refractivity contribution in [1.82, 2.24) is 44.4 Å². The SMILES string of the molecule is [2H]C([2H])([2H])n1c(=O)c2cc(C)cc(C(C)Nc3ccc(Cl)nc3-c3nnn(C)n3)c2c2cnn(C3CCN(C)C3)c21. The molecule has 38 heavy (non-hydrogen) atoms. The summed E-state index contributed by atoms with van der Waals surface area (Å²) in [7, 11) is 3.68. The lowest BCUT2D eigenvalue weighted by Gasteiger charge is -2.21. The number of benzene rings is 1. The molecule has 0 aliphatic carbocycles. The number of rotatable bonds is 5. The van der Waals surface area contributed by atoms with Crippen LogP contribution in [0.5, 0.6) is 0 Å². The van der Waals surface area contributed by atoms with Gasteiger partial charge in [-0.1, -0.05) is 17.7 Å². The molecule has 2 atom stereocenters. The van der Waals surface area contributed by atoms with Crippen molar-refractivity contribution in [3.8, 4) is 11.5 Å². The number of tetrazole rings is 1. The summed E-state index contributed by atoms with van der Waals surface area (Å²) in [5.74, 6) is 0.310. The van der Waals surface area contributed by atoms with Crippen molar-refractivity contribution in [3.63, 3.8) is 0 Å². The molecule has 1 aliphatic heterocycles. The maximum absolute atomic E-state index is 14.0. The van der Waals surface area contributed by atoms with E-state index in [1.165, 1.54) is 4.80 Å². The van der Waals surface area contributed by atoms with Gasteiger partial charge in [-0.05, 0) is 61.9 Å². The lowest BCUT2D eigenvalue weighted by atomic mass is 9.95. The highest BCUT2D eigenvalue weighted by Gasteiger charge is 2.27. The van der Waals surface area contributed by atoms with Gasteiger partial charge >= 0.3 is 0 Å². The first kappa shape index (κ1) is 21.1. The van der Waals surface area contributed by atoms with Crippen molar-refractivity contribution >= 4 is 39.1 Å². The number of halogens is 1. The molecule has 1 fully saturated rings. The number of anilines is 1. The molecule has 2 unspecified atom stereocenters. The highest BCUT2D eigenvalue weighted by Crippen LogP contribution is 2.35. The van der Waals surface area contributed by atoms with Gasteiger partial charge in [0.25, 0.3) is 5.56 Å². The van der Waals surface area contributed by atoms with Gasteiger partial charge in [0.05, 0.1) is 25.0 Å². The molecule has 5 aromatic rings. The Hall–Kier alpha value is -3.83. The molecule has 0 radical (unpaired) electrons. The lowest BCUT2D eigenvalue weighted by Crippen LogP contribution is -2.23. The van der Waals surface area contributed by atoms with Crippen LogP contribution < -0.4 is 10.9 Å². The van der Waals surface area contributed by atoms with E-state index in [0.717, 1.165) is 28.7 Å². The maximum Gasteiger partial charge on any atom is 0.259 e. The number of aryl methyl sites for hydroxylation is 3. The Kier molecular flexibility index (Phi) is 5.10. The monoisotopic (exact) mass is 535 g/mol. The number of nitrogens with one attached hydrogen (secondary N) is 1. The van der Waals surface area contributed by atoms with Crippen LogP contribution in [0.4, 0.5) is 5.69 Å². The molecule has 1 saturated heterocycles. The van der Waals surface area contributed by atoms with Crippen LogP contribution in [0.1, 0.15) is 40.7 Å². The van der Waals surface area contributed by atoms with Crippen molar-refractivity contribution in [2.24, 2.45) is 14.0 Å². The molecule has 0 saturated carbocycles. The number of hydrogen-bond donors (Lipinski definition) is 1. The summed E-state index contributed by atoms with van der Waals surface area (Å²) in [5, 5.41) is 22.3. The number of aromatic nitrogens is 8. The van der Waals surface area contributed by atoms with Crippen LogP contribution in [-0.2, 0) is 14.0 Å². The summed E-state index contributed by atoms with van der Waals surface area (Å²) in [6, 6.07) is 6.82. The van der Waals surface area contributed by atoms with E-state index in [2.05, 4.69) is 35.7 Å². The molecule has 0 bridgehead atoms. The van der Waals surface area contributed by atoms with E-state index in [1.54, 1.807) is 36.1 Å². The van der Waals surface area contributed by atoms with Crippen LogP contribution in [0.25, 0.3) is 33.3 Å². The van der Waals surface area contributed by atoms with Crippen LogP contribution in [0.2, 0.25) is 5.15 Å². The van der Waals surface area contributed by atoms with E-state index >= 15 is 0 Å². The summed E-state index contributed by atoms with van der Waals surface area (Å²) in [6.45, 7) is 2.74. The molecule has 4 aromatic heterocycles. The third-order valence-corrected chi connectivity index (χ3v) is 7.34. The van der Waals surface area contributed by atoms with Gasteiger partial charge in [-0.2, -0.15) is 9.90 Å². The van der Waals surface area contributed by atoms with Crippen molar-refractivity contribution < 1.29 is 4.11 Å². The molecule has 1 N–H and O–H groups in total. The number of nitrogens with zero attached hydrogens (tertiary/aromatic N) is 9. The molecule has 6 rings (SSSR count). The first-order chi connectivity index (χ1) is 19.4. The first-order valence-corrected chi connectivity index (χ1v) is 12.7. The average molecular weight is 536 g/mol. The fourth-order valence-corrected chi connectivity index (χ4v) is 5.54. The van der Waals surface area contributed by atoms with Crippen LogP contribution in [-0.4, -0.2) is 64.6 Å². The highest BCUT2D eigenvalue weighted by atomic mass is 35.5. The maximum atomic E-state index is 14.0. The molecule has 12 heteroatoms. The number of hydrogen-bond acceptors (Lipinski definition) is 8. The standard InChI is InChI=1S/C26H29ClN10O/c1-14-10-17(15(2)29-20-6-7-21(27)30-23(20)24-31-33-36(5)32-24)22-18(11-14)26(38)35(4)25-19(22)12-28-37(25)16-8-9-34(3)13-16/h6-7,10-12,15-16,29H,8-9,13H2,1-5H3/i4D3. The molecule has 11 nitrogen and oxygen atoms in total. The molecule has 5 heterocycles. The fraction of sp³-hybridized carbons (Fsp3) is 0.385. The average Bonchev–Trinajstić information content (AvgIpc) is 3.64. The normalized spacial score (nSPS) is 18.6. The Morgan fingerprint density at radius 3 is 2.79 bits per heavy atom. The third-order valence-electron chi connectivity index (χ3n) is 7.13. The molecule has 1 aromatic carbocycles. The summed E-state index contributed by atoms with van der Waals surface area (Å²) in [6.07, 6.45) is 2.49. The van der Waals surface area contributed by atoms with Gasteiger partial charge in [-0.15, -0.1) is 10.2 Å². The second-order valence-corrected chi connectivity index (χ2v) is 10.3. The van der Waals surface area contributed by atoms with Crippen LogP contribution in [0.3, 0.4) is 0 Å². The summed E-state index contributed by atoms with van der Waals surface area (Å²) >= 11 is 6.21. The van der Waals surface area contributed by atoms with Gasteiger partial charge < -0.3 is 10.2 Å². The van der Waals surface area contributed by atoms with Crippen LogP contribution in [0, 0.1) is 6.92 Å². The highest BCUT2D eigenvalue weighted by molar-refractivity contribution is 6.29. The zero-order valence-electron chi connectivity index (χ0n) is 24.5. The predicted molar refractivity (Wildman–Crippen MR) is 147 cm³/mol. The van der Waals surface area contributed by atoms with Gasteiger partial charge in [-0.3, -0.25) is 9.36 Å². The summed E-state index contributed by atoms with van der Waals surface area (Å²) < 4.78 is 27.5. The van der Waals surface area contributed by atoms with Crippen LogP contribution in [0.15, 0.2) is 35.3 Å². The van der Waals surface area contributed by atoms with E-state index in [4.69, 9.17) is 15.7 Å². The third kappa shape index (κ3) is 4.02. The first-order valence-electron chi connectivity index (χ1n) is 13.9. The minimum Gasteiger partial charge on any atom is -0.377 e. The van der Waals surface area contributed by atoms with E-state index in [-0.39, 0.29) is 17.2 Å². The van der Waals surface area contributed by atoms with Gasteiger partial charge in [0.2, 0.25) is 5.82 Å². The van der Waals surface area contributed by atoms with Crippen LogP contribution >= 0.6 is 11.6 Å². The summed E-state index contributed by atoms with van der Waals surface area (Å²) in [4.78, 5) is 21.9. The van der Waals surface area contributed by atoms with E-state index in [0.29, 0.717) is 45.6 Å². The number of likely N-dealkylation sites (tertiary alicyclic amines) is 1. The van der Waals surface area contributed by atoms with Crippen molar-refractivity contribution in [3.05, 3.63) is 57.1 Å². The van der Waals surface area contributed by atoms with Crippen molar-refractivity contribution in [1.29, 1.82) is 0 Å². The molecular formula is C26H29ClN10O. The summed E-state index contributed by atoms with van der Waals surface area (Å²) in [5.41, 5.74) is 2.43. The van der Waals surface area contributed by atoms with Gasteiger partial charge in [0.15, 0.2) is 0 Å². The van der Waals surface area contributed by atoms with E-state index in [9.17, 15) is 4.79 Å². The minimum atomic E-state index is -2.69. The Morgan fingerprint density at radius 2 is 2.08 bits per heavy atom. The van der Waals surface area contributed by atoms with Gasteiger partial charge in [0, 0.05) is 46.4 Å². The van der Waals surface area contributed by atoms with Gasteiger partial charge in [-0.25, -0.2) is 9.67 Å². The Balaban J connectivity index is 1.56. The van der Waals surface area contributed by atoms with Crippen molar-refractivity contribution in [2.75, 3.05) is 25.5 Å². The number of likely N-dealkylation sites (N-methyl/N-ethyl adjacent to an activating group) is 1. The fourth-order valence-electron chi connectivity index (χ4n) is 5.39. The minimum absolute atomic E-state index is 0.0467. The smallest absolute Gasteiger partial charge is 0.259 e. The number of pyridine rings is 2. The Bertz CT molecular complexity index is 1860. The molecule has 196 valence electrons. The number of fused-ring (bicyclic) bond motifs is 3.